The van der Waals surface area contributed by atoms with Gasteiger partial charge in [0, 0.05) is 12.1 Å². The molecule has 1 fully saturated rings. The highest BCUT2D eigenvalue weighted by Gasteiger charge is 2.35. The van der Waals surface area contributed by atoms with E-state index in [0.717, 1.165) is 36.1 Å². The maximum atomic E-state index is 9.98. The fourth-order valence-corrected chi connectivity index (χ4v) is 2.44. The molecule has 0 aliphatic heterocycles. The summed E-state index contributed by atoms with van der Waals surface area (Å²) >= 11 is 0. The zero-order valence-corrected chi connectivity index (χ0v) is 12.4. The average Bonchev–Trinajstić information content (AvgIpc) is 2.39. The van der Waals surface area contributed by atoms with E-state index in [2.05, 4.69) is 5.32 Å². The van der Waals surface area contributed by atoms with Crippen molar-refractivity contribution in [2.24, 2.45) is 0 Å². The summed E-state index contributed by atoms with van der Waals surface area (Å²) in [6.45, 7) is 4.86. The molecule has 3 N–H and O–H groups in total. The Morgan fingerprint density at radius 2 is 2.10 bits per heavy atom. The first-order valence-electron chi connectivity index (χ1n) is 7.29. The van der Waals surface area contributed by atoms with Gasteiger partial charge >= 0.3 is 0 Å². The van der Waals surface area contributed by atoms with E-state index in [9.17, 15) is 10.2 Å². The standard InChI is InChI=1S/C16H25NO3/c1-12-4-5-13(2)15(8-12)20-10-14(19)9-17-16(11-18)6-3-7-16/h4-5,8,14,17-19H,3,6-7,9-11H2,1-2H3. The highest BCUT2D eigenvalue weighted by atomic mass is 16.5. The van der Waals surface area contributed by atoms with Crippen LogP contribution in [0.4, 0.5) is 0 Å². The van der Waals surface area contributed by atoms with Gasteiger partial charge in [0.05, 0.1) is 6.61 Å². The normalized spacial score (nSPS) is 18.4. The summed E-state index contributed by atoms with van der Waals surface area (Å²) in [6, 6.07) is 6.04. The second-order valence-corrected chi connectivity index (χ2v) is 5.91. The molecule has 112 valence electrons. The number of hydrogen-bond acceptors (Lipinski definition) is 4. The third-order valence-electron chi connectivity index (χ3n) is 4.10. The van der Waals surface area contributed by atoms with Crippen molar-refractivity contribution in [3.8, 4) is 5.75 Å². The molecule has 1 atom stereocenters. The van der Waals surface area contributed by atoms with Crippen LogP contribution in [0, 0.1) is 13.8 Å². The van der Waals surface area contributed by atoms with Crippen LogP contribution in [0.25, 0.3) is 0 Å². The molecular weight excluding hydrogens is 254 g/mol. The molecule has 20 heavy (non-hydrogen) atoms. The lowest BCUT2D eigenvalue weighted by atomic mass is 9.77. The lowest BCUT2D eigenvalue weighted by Gasteiger charge is -2.41. The van der Waals surface area contributed by atoms with Gasteiger partial charge in [-0.2, -0.15) is 0 Å². The molecule has 0 bridgehead atoms. The van der Waals surface area contributed by atoms with E-state index in [4.69, 9.17) is 4.74 Å². The van der Waals surface area contributed by atoms with E-state index in [1.54, 1.807) is 0 Å². The van der Waals surface area contributed by atoms with Gasteiger partial charge in [0.2, 0.25) is 0 Å². The van der Waals surface area contributed by atoms with Gasteiger partial charge in [0.1, 0.15) is 18.5 Å². The summed E-state index contributed by atoms with van der Waals surface area (Å²) in [5, 5.41) is 22.6. The summed E-state index contributed by atoms with van der Waals surface area (Å²) in [5.41, 5.74) is 2.05. The Labute approximate surface area is 120 Å². The molecular formula is C16H25NO3. The molecule has 4 heteroatoms. The fraction of sp³-hybridized carbons (Fsp3) is 0.625. The van der Waals surface area contributed by atoms with Gasteiger partial charge < -0.3 is 20.3 Å². The average molecular weight is 279 g/mol. The zero-order chi connectivity index (χ0) is 14.6. The molecule has 0 spiro atoms. The summed E-state index contributed by atoms with van der Waals surface area (Å²) in [5.74, 6) is 0.824. The van der Waals surface area contributed by atoms with Crippen molar-refractivity contribution in [3.05, 3.63) is 29.3 Å². The number of nitrogens with one attached hydrogen (secondary N) is 1. The van der Waals surface area contributed by atoms with Crippen LogP contribution < -0.4 is 10.1 Å². The molecule has 1 aliphatic carbocycles. The van der Waals surface area contributed by atoms with Crippen molar-refractivity contribution in [1.82, 2.24) is 5.32 Å². The number of benzene rings is 1. The molecule has 2 rings (SSSR count). The minimum atomic E-state index is -0.570. The molecule has 0 radical (unpaired) electrons. The zero-order valence-electron chi connectivity index (χ0n) is 12.4. The van der Waals surface area contributed by atoms with E-state index < -0.39 is 6.10 Å². The van der Waals surface area contributed by atoms with Crippen molar-refractivity contribution in [3.63, 3.8) is 0 Å². The van der Waals surface area contributed by atoms with Crippen LogP contribution >= 0.6 is 0 Å². The number of aliphatic hydroxyl groups excluding tert-OH is 2. The van der Waals surface area contributed by atoms with Crippen molar-refractivity contribution in [2.75, 3.05) is 19.8 Å². The van der Waals surface area contributed by atoms with Gasteiger partial charge in [-0.25, -0.2) is 0 Å². The van der Waals surface area contributed by atoms with Gasteiger partial charge in [-0.3, -0.25) is 0 Å². The van der Waals surface area contributed by atoms with Gasteiger partial charge in [0.15, 0.2) is 0 Å². The predicted molar refractivity (Wildman–Crippen MR) is 79.1 cm³/mol. The molecule has 1 aromatic rings. The summed E-state index contributed by atoms with van der Waals surface area (Å²) < 4.78 is 5.68. The number of aryl methyl sites for hydroxylation is 2. The monoisotopic (exact) mass is 279 g/mol. The Hall–Kier alpha value is -1.10. The maximum Gasteiger partial charge on any atom is 0.122 e. The molecule has 1 saturated carbocycles. The summed E-state index contributed by atoms with van der Waals surface area (Å²) in [4.78, 5) is 0. The highest BCUT2D eigenvalue weighted by Crippen LogP contribution is 2.31. The first-order chi connectivity index (χ1) is 9.54. The van der Waals surface area contributed by atoms with Crippen LogP contribution in [0.3, 0.4) is 0 Å². The smallest absolute Gasteiger partial charge is 0.122 e. The number of ether oxygens (including phenoxy) is 1. The minimum absolute atomic E-state index is 0.136. The predicted octanol–water partition coefficient (Wildman–Crippen LogP) is 1.55. The number of β-amino-alcohol motifs (C(OH)–C–C–N with tert-alkyl or cyclic N) is 1. The lowest BCUT2D eigenvalue weighted by molar-refractivity contribution is 0.0538. The maximum absolute atomic E-state index is 9.98. The molecule has 0 aromatic heterocycles. The second kappa shape index (κ2) is 6.57. The van der Waals surface area contributed by atoms with Crippen molar-refractivity contribution in [1.29, 1.82) is 0 Å². The van der Waals surface area contributed by atoms with Crippen LogP contribution in [0.5, 0.6) is 5.75 Å². The minimum Gasteiger partial charge on any atom is -0.491 e. The Kier molecular flexibility index (Phi) is 5.02. The quantitative estimate of drug-likeness (QED) is 0.708. The number of hydrogen-bond donors (Lipinski definition) is 3. The van der Waals surface area contributed by atoms with Gasteiger partial charge in [0.25, 0.3) is 0 Å². The van der Waals surface area contributed by atoms with Crippen LogP contribution in [0.2, 0.25) is 0 Å². The number of aliphatic hydroxyl groups is 2. The Balaban J connectivity index is 1.77. The van der Waals surface area contributed by atoms with E-state index in [1.165, 1.54) is 0 Å². The Morgan fingerprint density at radius 3 is 2.70 bits per heavy atom. The molecule has 0 saturated heterocycles. The molecule has 4 nitrogen and oxygen atoms in total. The van der Waals surface area contributed by atoms with Gasteiger partial charge in [-0.15, -0.1) is 0 Å². The SMILES string of the molecule is Cc1ccc(C)c(OCC(O)CNC2(CO)CCC2)c1. The van der Waals surface area contributed by atoms with Crippen LogP contribution in [-0.4, -0.2) is 41.6 Å². The van der Waals surface area contributed by atoms with Crippen LogP contribution in [0.1, 0.15) is 30.4 Å². The largest absolute Gasteiger partial charge is 0.491 e. The molecule has 0 amide bonds. The molecule has 0 heterocycles. The van der Waals surface area contributed by atoms with Crippen molar-refractivity contribution >= 4 is 0 Å². The van der Waals surface area contributed by atoms with E-state index >= 15 is 0 Å². The summed E-state index contributed by atoms with van der Waals surface area (Å²) in [7, 11) is 0. The van der Waals surface area contributed by atoms with Crippen LogP contribution in [-0.2, 0) is 0 Å². The third-order valence-corrected chi connectivity index (χ3v) is 4.10. The summed E-state index contributed by atoms with van der Waals surface area (Å²) in [6.07, 6.45) is 2.53. The molecule has 1 aromatic carbocycles. The van der Waals surface area contributed by atoms with Crippen LogP contribution in [0.15, 0.2) is 18.2 Å². The first-order valence-corrected chi connectivity index (χ1v) is 7.29. The van der Waals surface area contributed by atoms with E-state index in [-0.39, 0.29) is 18.8 Å². The van der Waals surface area contributed by atoms with Gasteiger partial charge in [-0.1, -0.05) is 12.1 Å². The van der Waals surface area contributed by atoms with E-state index in [0.29, 0.717) is 6.54 Å². The second-order valence-electron chi connectivity index (χ2n) is 5.91. The lowest BCUT2D eigenvalue weighted by Crippen LogP contribution is -2.56. The van der Waals surface area contributed by atoms with E-state index in [1.807, 2.05) is 32.0 Å². The topological polar surface area (TPSA) is 61.7 Å². The van der Waals surface area contributed by atoms with Gasteiger partial charge in [-0.05, 0) is 50.3 Å². The highest BCUT2D eigenvalue weighted by molar-refractivity contribution is 5.35. The van der Waals surface area contributed by atoms with Crippen molar-refractivity contribution < 1.29 is 14.9 Å². The molecule has 1 aliphatic rings. The first kappa shape index (κ1) is 15.3. The Bertz CT molecular complexity index is 438. The third kappa shape index (κ3) is 3.72. The number of rotatable bonds is 7. The molecule has 1 unspecified atom stereocenters. The Morgan fingerprint density at radius 1 is 1.35 bits per heavy atom. The fourth-order valence-electron chi connectivity index (χ4n) is 2.44. The van der Waals surface area contributed by atoms with Crippen molar-refractivity contribution in [2.45, 2.75) is 44.8 Å².